The van der Waals surface area contributed by atoms with E-state index in [1.807, 2.05) is 21.6 Å². The molecule has 0 amide bonds. The summed E-state index contributed by atoms with van der Waals surface area (Å²) in [7, 11) is 8.72. The van der Waals surface area contributed by atoms with Crippen LogP contribution in [0.1, 0.15) is 47.5 Å². The quantitative estimate of drug-likeness (QED) is 0.346. The van der Waals surface area contributed by atoms with Crippen molar-refractivity contribution in [3.63, 3.8) is 0 Å². The molecule has 8 heteroatoms. The lowest BCUT2D eigenvalue weighted by Gasteiger charge is -2.38. The van der Waals surface area contributed by atoms with Crippen molar-refractivity contribution in [1.29, 1.82) is 0 Å². The van der Waals surface area contributed by atoms with Gasteiger partial charge in [0.05, 0.1) is 18.8 Å². The minimum Gasteiger partial charge on any atom is -0.382 e. The van der Waals surface area contributed by atoms with Gasteiger partial charge in [0.1, 0.15) is 7.85 Å². The van der Waals surface area contributed by atoms with Gasteiger partial charge in [0.15, 0.2) is 0 Å². The van der Waals surface area contributed by atoms with E-state index in [9.17, 15) is 0 Å². The fourth-order valence-corrected chi connectivity index (χ4v) is 7.23. The molecule has 138 valence electrons. The number of ether oxygens (including phenoxy) is 1. The number of nitrogens with zero attached hydrogens (tertiary/aromatic N) is 1. The zero-order valence-corrected chi connectivity index (χ0v) is 18.0. The average Bonchev–Trinajstić information content (AvgIpc) is 2.83. The Morgan fingerprint density at radius 2 is 1.96 bits per heavy atom. The summed E-state index contributed by atoms with van der Waals surface area (Å²) in [5.74, 6) is 2.59. The van der Waals surface area contributed by atoms with Gasteiger partial charge in [-0.15, -0.1) is 0 Å². The minimum atomic E-state index is -1.08. The van der Waals surface area contributed by atoms with Crippen LogP contribution in [-0.2, 0) is 13.8 Å². The number of hydrogen-bond acceptors (Lipinski definition) is 6. The largest absolute Gasteiger partial charge is 0.382 e. The van der Waals surface area contributed by atoms with Crippen molar-refractivity contribution in [3.05, 3.63) is 0 Å². The summed E-state index contributed by atoms with van der Waals surface area (Å²) in [4.78, 5) is 0. The van der Waals surface area contributed by atoms with E-state index in [-0.39, 0.29) is 18.2 Å². The lowest BCUT2D eigenvalue weighted by molar-refractivity contribution is 0.0375. The standard InChI is InChI=1S/C16H31BNO3PS2/c1-11(2)18(12(3)4)22(21-14-6-7-23-24-10-14)19-9-15-8-13(5)16(17)20-15/h11-16H,6-10H2,1-5H3. The molecule has 5 unspecified atom stereocenters. The van der Waals surface area contributed by atoms with Crippen molar-refractivity contribution in [3.8, 4) is 0 Å². The van der Waals surface area contributed by atoms with Crippen molar-refractivity contribution in [1.82, 2.24) is 4.67 Å². The van der Waals surface area contributed by atoms with Crippen molar-refractivity contribution < 1.29 is 13.8 Å². The van der Waals surface area contributed by atoms with Gasteiger partial charge in [-0.3, -0.25) is 0 Å². The minimum absolute atomic E-state index is 0.0843. The topological polar surface area (TPSA) is 30.9 Å². The molecule has 24 heavy (non-hydrogen) atoms. The van der Waals surface area contributed by atoms with E-state index in [4.69, 9.17) is 21.6 Å². The van der Waals surface area contributed by atoms with E-state index in [2.05, 4.69) is 39.3 Å². The molecule has 2 aliphatic rings. The summed E-state index contributed by atoms with van der Waals surface area (Å²) in [5, 5.41) is 0. The Hall–Kier alpha value is 1.03. The predicted octanol–water partition coefficient (Wildman–Crippen LogP) is 4.44. The molecule has 2 rings (SSSR count). The maximum absolute atomic E-state index is 6.44. The summed E-state index contributed by atoms with van der Waals surface area (Å²) < 4.78 is 20.9. The van der Waals surface area contributed by atoms with Gasteiger partial charge in [-0.25, -0.2) is 4.67 Å². The monoisotopic (exact) mass is 391 g/mol. The predicted molar refractivity (Wildman–Crippen MR) is 108 cm³/mol. The molecule has 0 bridgehead atoms. The highest BCUT2D eigenvalue weighted by molar-refractivity contribution is 8.76. The smallest absolute Gasteiger partial charge is 0.259 e. The normalized spacial score (nSPS) is 32.8. The molecule has 2 heterocycles. The Morgan fingerprint density at radius 1 is 1.25 bits per heavy atom. The molecule has 0 spiro atoms. The van der Waals surface area contributed by atoms with Crippen LogP contribution >= 0.6 is 30.1 Å². The van der Waals surface area contributed by atoms with Crippen LogP contribution in [-0.4, -0.2) is 60.9 Å². The second kappa shape index (κ2) is 10.4. The Bertz CT molecular complexity index is 357. The first-order chi connectivity index (χ1) is 11.4. The first-order valence-corrected chi connectivity index (χ1v) is 12.5. The van der Waals surface area contributed by atoms with Crippen molar-refractivity contribution in [2.75, 3.05) is 18.1 Å². The van der Waals surface area contributed by atoms with E-state index >= 15 is 0 Å². The second-order valence-corrected chi connectivity index (χ2v) is 11.2. The van der Waals surface area contributed by atoms with E-state index in [1.165, 1.54) is 0 Å². The zero-order chi connectivity index (χ0) is 17.7. The highest BCUT2D eigenvalue weighted by Gasteiger charge is 2.34. The highest BCUT2D eigenvalue weighted by Crippen LogP contribution is 2.49. The molecular weight excluding hydrogens is 360 g/mol. The molecule has 2 fully saturated rings. The Morgan fingerprint density at radius 3 is 2.46 bits per heavy atom. The van der Waals surface area contributed by atoms with Gasteiger partial charge in [-0.05, 0) is 46.5 Å². The van der Waals surface area contributed by atoms with Crippen LogP contribution in [0.5, 0.6) is 0 Å². The van der Waals surface area contributed by atoms with E-state index in [0.29, 0.717) is 24.6 Å². The van der Waals surface area contributed by atoms with Gasteiger partial charge >= 0.3 is 0 Å². The van der Waals surface area contributed by atoms with E-state index < -0.39 is 8.53 Å². The van der Waals surface area contributed by atoms with Crippen LogP contribution < -0.4 is 0 Å². The molecule has 2 aliphatic heterocycles. The van der Waals surface area contributed by atoms with Gasteiger partial charge in [0.25, 0.3) is 8.53 Å². The molecule has 0 aromatic rings. The van der Waals surface area contributed by atoms with Crippen LogP contribution in [0.15, 0.2) is 0 Å². The summed E-state index contributed by atoms with van der Waals surface area (Å²) in [5.41, 5.74) is 0. The zero-order valence-electron chi connectivity index (χ0n) is 15.5. The molecule has 2 saturated heterocycles. The van der Waals surface area contributed by atoms with Crippen molar-refractivity contribution in [2.24, 2.45) is 5.92 Å². The molecular formula is C16H31BNO3PS2. The third-order valence-corrected chi connectivity index (χ3v) is 8.90. The first kappa shape index (κ1) is 21.3. The summed E-state index contributed by atoms with van der Waals surface area (Å²) >= 11 is 0. The Labute approximate surface area is 158 Å². The lowest BCUT2D eigenvalue weighted by Crippen LogP contribution is -2.35. The molecule has 0 saturated carbocycles. The molecule has 0 N–H and O–H groups in total. The summed E-state index contributed by atoms with van der Waals surface area (Å²) in [6, 6.07) is 0.601. The van der Waals surface area contributed by atoms with E-state index in [0.717, 1.165) is 24.3 Å². The molecule has 0 aromatic heterocycles. The number of rotatable bonds is 8. The van der Waals surface area contributed by atoms with Gasteiger partial charge in [-0.1, -0.05) is 28.5 Å². The molecule has 4 nitrogen and oxygen atoms in total. The van der Waals surface area contributed by atoms with Crippen LogP contribution in [0, 0.1) is 5.92 Å². The average molecular weight is 391 g/mol. The lowest BCUT2D eigenvalue weighted by atomic mass is 9.88. The number of hydrogen-bond donors (Lipinski definition) is 0. The van der Waals surface area contributed by atoms with Gasteiger partial charge in [0, 0.05) is 29.6 Å². The maximum atomic E-state index is 6.44. The van der Waals surface area contributed by atoms with Gasteiger partial charge in [0.2, 0.25) is 0 Å². The highest BCUT2D eigenvalue weighted by atomic mass is 33.1. The van der Waals surface area contributed by atoms with Crippen LogP contribution in [0.25, 0.3) is 0 Å². The Kier molecular flexibility index (Phi) is 9.24. The molecule has 0 aromatic carbocycles. The van der Waals surface area contributed by atoms with Gasteiger partial charge < -0.3 is 13.8 Å². The van der Waals surface area contributed by atoms with Crippen molar-refractivity contribution >= 4 is 38.0 Å². The van der Waals surface area contributed by atoms with E-state index in [1.54, 1.807) is 0 Å². The SMILES string of the molecule is [B]C1OC(COP(OC2CCSSC2)N(C(C)C)C(C)C)CC1C. The fraction of sp³-hybridized carbons (Fsp3) is 1.00. The maximum Gasteiger partial charge on any atom is 0.259 e. The first-order valence-electron chi connectivity index (χ1n) is 8.92. The van der Waals surface area contributed by atoms with Crippen LogP contribution in [0.4, 0.5) is 0 Å². The van der Waals surface area contributed by atoms with Crippen LogP contribution in [0.2, 0.25) is 0 Å². The molecule has 5 atom stereocenters. The second-order valence-electron chi connectivity index (χ2n) is 7.16. The third kappa shape index (κ3) is 6.33. The summed E-state index contributed by atoms with van der Waals surface area (Å²) in [6.45, 7) is 11.5. The summed E-state index contributed by atoms with van der Waals surface area (Å²) in [6.07, 6.45) is 2.43. The molecule has 0 aliphatic carbocycles. The third-order valence-electron chi connectivity index (χ3n) is 4.26. The van der Waals surface area contributed by atoms with Gasteiger partial charge in [-0.2, -0.15) is 0 Å². The Balaban J connectivity index is 1.95. The van der Waals surface area contributed by atoms with Crippen LogP contribution in [0.3, 0.4) is 0 Å². The molecule has 2 radical (unpaired) electrons. The fourth-order valence-electron chi connectivity index (χ4n) is 3.00. The van der Waals surface area contributed by atoms with Crippen molar-refractivity contribution in [2.45, 2.75) is 77.8 Å².